The number of thiophene rings is 1. The van der Waals surface area contributed by atoms with E-state index >= 15 is 0 Å². The molecule has 7 heteroatoms. The van der Waals surface area contributed by atoms with Gasteiger partial charge in [0, 0.05) is 5.69 Å². The van der Waals surface area contributed by atoms with Gasteiger partial charge in [0.1, 0.15) is 5.75 Å². The van der Waals surface area contributed by atoms with E-state index in [0.29, 0.717) is 20.7 Å². The maximum Gasteiger partial charge on any atom is 0.341 e. The Hall–Kier alpha value is -2.05. The predicted octanol–water partition coefficient (Wildman–Crippen LogP) is 3.43. The minimum atomic E-state index is -1.04. The molecular formula is C14H12ClNO4S. The number of benzene rings is 1. The summed E-state index contributed by atoms with van der Waals surface area (Å²) >= 11 is 6.99. The van der Waals surface area contributed by atoms with Gasteiger partial charge in [-0.3, -0.25) is 4.79 Å². The van der Waals surface area contributed by atoms with Crippen molar-refractivity contribution in [3.05, 3.63) is 45.1 Å². The first-order chi connectivity index (χ1) is 9.95. The molecule has 1 amide bonds. The molecule has 21 heavy (non-hydrogen) atoms. The first-order valence-electron chi connectivity index (χ1n) is 5.97. The van der Waals surface area contributed by atoms with Crippen molar-refractivity contribution >= 4 is 40.5 Å². The quantitative estimate of drug-likeness (QED) is 0.883. The molecule has 2 aromatic rings. The molecular weight excluding hydrogens is 314 g/mol. The van der Waals surface area contributed by atoms with Gasteiger partial charge in [-0.2, -0.15) is 0 Å². The molecule has 0 aliphatic heterocycles. The second-order valence-corrected chi connectivity index (χ2v) is 5.93. The van der Waals surface area contributed by atoms with E-state index < -0.39 is 12.6 Å². The fourth-order valence-corrected chi connectivity index (χ4v) is 2.57. The maximum absolute atomic E-state index is 12.0. The Morgan fingerprint density at radius 3 is 2.67 bits per heavy atom. The molecule has 0 aliphatic carbocycles. The average molecular weight is 326 g/mol. The minimum Gasteiger partial charge on any atom is -0.482 e. The number of aliphatic carboxylic acids is 1. The molecule has 2 N–H and O–H groups in total. The SMILES string of the molecule is Cc1cc(OCC(=O)O)ccc1NC(=O)c1ccc(Cl)s1. The largest absolute Gasteiger partial charge is 0.482 e. The Labute approximate surface area is 130 Å². The number of nitrogens with one attached hydrogen (secondary N) is 1. The van der Waals surface area contributed by atoms with Crippen molar-refractivity contribution < 1.29 is 19.4 Å². The molecule has 0 aliphatic rings. The van der Waals surface area contributed by atoms with E-state index in [1.54, 1.807) is 37.3 Å². The van der Waals surface area contributed by atoms with Crippen LogP contribution in [0.15, 0.2) is 30.3 Å². The van der Waals surface area contributed by atoms with Gasteiger partial charge in [-0.25, -0.2) is 4.79 Å². The Balaban J connectivity index is 2.07. The molecule has 1 heterocycles. The monoisotopic (exact) mass is 325 g/mol. The van der Waals surface area contributed by atoms with E-state index in [1.165, 1.54) is 11.3 Å². The molecule has 0 radical (unpaired) electrons. The van der Waals surface area contributed by atoms with Crippen molar-refractivity contribution in [2.24, 2.45) is 0 Å². The van der Waals surface area contributed by atoms with Crippen molar-refractivity contribution in [2.45, 2.75) is 6.92 Å². The van der Waals surface area contributed by atoms with E-state index in [0.717, 1.165) is 5.56 Å². The van der Waals surface area contributed by atoms with Crippen LogP contribution in [0.2, 0.25) is 4.34 Å². The third-order valence-corrected chi connectivity index (χ3v) is 3.84. The topological polar surface area (TPSA) is 75.6 Å². The van der Waals surface area contributed by atoms with Gasteiger partial charge in [0.25, 0.3) is 5.91 Å². The van der Waals surface area contributed by atoms with E-state index in [2.05, 4.69) is 5.32 Å². The number of aryl methyl sites for hydroxylation is 1. The highest BCUT2D eigenvalue weighted by Crippen LogP contribution is 2.25. The van der Waals surface area contributed by atoms with Gasteiger partial charge >= 0.3 is 5.97 Å². The van der Waals surface area contributed by atoms with Crippen LogP contribution in [0.5, 0.6) is 5.75 Å². The molecule has 0 bridgehead atoms. The summed E-state index contributed by atoms with van der Waals surface area (Å²) in [7, 11) is 0. The predicted molar refractivity (Wildman–Crippen MR) is 81.6 cm³/mol. The summed E-state index contributed by atoms with van der Waals surface area (Å²) in [5.74, 6) is -0.846. The van der Waals surface area contributed by atoms with E-state index in [4.69, 9.17) is 21.4 Å². The van der Waals surface area contributed by atoms with E-state index in [9.17, 15) is 9.59 Å². The van der Waals surface area contributed by atoms with Crippen LogP contribution >= 0.6 is 22.9 Å². The molecule has 110 valence electrons. The number of hydrogen-bond donors (Lipinski definition) is 2. The van der Waals surface area contributed by atoms with Crippen LogP contribution in [0.4, 0.5) is 5.69 Å². The number of hydrogen-bond acceptors (Lipinski definition) is 4. The fraction of sp³-hybridized carbons (Fsp3) is 0.143. The van der Waals surface area contributed by atoms with Crippen molar-refractivity contribution in [3.8, 4) is 5.75 Å². The molecule has 0 atom stereocenters. The Morgan fingerprint density at radius 1 is 1.33 bits per heavy atom. The number of carboxylic acids is 1. The maximum atomic E-state index is 12.0. The summed E-state index contributed by atoms with van der Waals surface area (Å²) < 4.78 is 5.62. The van der Waals surface area contributed by atoms with Gasteiger partial charge in [-0.05, 0) is 42.8 Å². The summed E-state index contributed by atoms with van der Waals surface area (Å²) in [5, 5.41) is 11.3. The van der Waals surface area contributed by atoms with Crippen molar-refractivity contribution in [2.75, 3.05) is 11.9 Å². The molecule has 1 aromatic heterocycles. The van der Waals surface area contributed by atoms with Crippen LogP contribution in [0.25, 0.3) is 0 Å². The lowest BCUT2D eigenvalue weighted by Gasteiger charge is -2.10. The summed E-state index contributed by atoms with van der Waals surface area (Å²) in [6.45, 7) is 1.39. The highest BCUT2D eigenvalue weighted by atomic mass is 35.5. The van der Waals surface area contributed by atoms with Crippen molar-refractivity contribution in [3.63, 3.8) is 0 Å². The van der Waals surface area contributed by atoms with Crippen molar-refractivity contribution in [1.29, 1.82) is 0 Å². The molecule has 0 fully saturated rings. The van der Waals surface area contributed by atoms with Crippen molar-refractivity contribution in [1.82, 2.24) is 0 Å². The van der Waals surface area contributed by atoms with Crippen LogP contribution in [0.1, 0.15) is 15.2 Å². The van der Waals surface area contributed by atoms with Gasteiger partial charge in [-0.1, -0.05) is 11.6 Å². The molecule has 0 saturated carbocycles. The number of amides is 1. The van der Waals surface area contributed by atoms with Crippen LogP contribution in [0, 0.1) is 6.92 Å². The standard InChI is InChI=1S/C14H12ClNO4S/c1-8-6-9(20-7-13(17)18)2-3-10(8)16-14(19)11-4-5-12(15)21-11/h2-6H,7H2,1H3,(H,16,19)(H,17,18). The number of halogens is 1. The van der Waals surface area contributed by atoms with E-state index in [1.807, 2.05) is 0 Å². The first-order valence-corrected chi connectivity index (χ1v) is 7.17. The zero-order valence-corrected chi connectivity index (χ0v) is 12.6. The minimum absolute atomic E-state index is 0.241. The van der Waals surface area contributed by atoms with Gasteiger partial charge in [0.05, 0.1) is 9.21 Å². The summed E-state index contributed by atoms with van der Waals surface area (Å²) in [5.41, 5.74) is 1.40. The van der Waals surface area contributed by atoms with Crippen LogP contribution in [-0.4, -0.2) is 23.6 Å². The Morgan fingerprint density at radius 2 is 2.10 bits per heavy atom. The highest BCUT2D eigenvalue weighted by molar-refractivity contribution is 7.18. The second kappa shape index (κ2) is 6.60. The van der Waals surface area contributed by atoms with Gasteiger partial charge in [-0.15, -0.1) is 11.3 Å². The normalized spacial score (nSPS) is 10.2. The molecule has 0 saturated heterocycles. The molecule has 5 nitrogen and oxygen atoms in total. The number of carbonyl (C=O) groups is 2. The lowest BCUT2D eigenvalue weighted by Crippen LogP contribution is -2.12. The molecule has 0 spiro atoms. The number of ether oxygens (including phenoxy) is 1. The smallest absolute Gasteiger partial charge is 0.341 e. The van der Waals surface area contributed by atoms with Gasteiger partial charge < -0.3 is 15.2 Å². The molecule has 2 rings (SSSR count). The molecule has 1 aromatic carbocycles. The third kappa shape index (κ3) is 4.21. The summed E-state index contributed by atoms with van der Waals surface area (Å²) in [6.07, 6.45) is 0. The lowest BCUT2D eigenvalue weighted by atomic mass is 10.2. The number of rotatable bonds is 5. The van der Waals surface area contributed by atoms with E-state index in [-0.39, 0.29) is 5.91 Å². The third-order valence-electron chi connectivity index (χ3n) is 2.61. The fourth-order valence-electron chi connectivity index (χ4n) is 1.63. The Kier molecular flexibility index (Phi) is 4.82. The van der Waals surface area contributed by atoms with Gasteiger partial charge in [0.15, 0.2) is 6.61 Å². The zero-order chi connectivity index (χ0) is 15.4. The summed E-state index contributed by atoms with van der Waals surface area (Å²) in [6, 6.07) is 8.26. The van der Waals surface area contributed by atoms with Crippen LogP contribution < -0.4 is 10.1 Å². The average Bonchev–Trinajstić information content (AvgIpc) is 2.86. The molecule has 0 unspecified atom stereocenters. The first kappa shape index (κ1) is 15.3. The number of carbonyl (C=O) groups excluding carboxylic acids is 1. The number of anilines is 1. The Bertz CT molecular complexity index is 683. The number of carboxylic acid groups (broad SMARTS) is 1. The second-order valence-electron chi connectivity index (χ2n) is 4.22. The van der Waals surface area contributed by atoms with Gasteiger partial charge in [0.2, 0.25) is 0 Å². The summed E-state index contributed by atoms with van der Waals surface area (Å²) in [4.78, 5) is 23.0. The zero-order valence-electron chi connectivity index (χ0n) is 11.1. The highest BCUT2D eigenvalue weighted by Gasteiger charge is 2.11. The lowest BCUT2D eigenvalue weighted by molar-refractivity contribution is -0.139. The van der Waals surface area contributed by atoms with Crippen LogP contribution in [-0.2, 0) is 4.79 Å². The van der Waals surface area contributed by atoms with Crippen LogP contribution in [0.3, 0.4) is 0 Å².